The number of aryl methyl sites for hydroxylation is 4. The highest BCUT2D eigenvalue weighted by molar-refractivity contribution is 5.39. The standard InChI is InChI=1S/C18H27N5O/c1-12-9-19-14(3)18(21-12)20-10-16-5-7-23(8-6-16)11-17-22-13(2)15(4)24-17/h9,16H,5-8,10-11H2,1-4H3,(H,20,21). The monoisotopic (exact) mass is 329 g/mol. The number of nitrogens with zero attached hydrogens (tertiary/aromatic N) is 4. The Hall–Kier alpha value is -1.95. The normalized spacial score (nSPS) is 16.5. The number of likely N-dealkylation sites (tertiary alicyclic amines) is 1. The van der Waals surface area contributed by atoms with Crippen LogP contribution in [0.1, 0.15) is 41.6 Å². The van der Waals surface area contributed by atoms with Crippen LogP contribution < -0.4 is 5.32 Å². The molecular weight excluding hydrogens is 302 g/mol. The lowest BCUT2D eigenvalue weighted by atomic mass is 9.97. The summed E-state index contributed by atoms with van der Waals surface area (Å²) in [4.78, 5) is 15.8. The van der Waals surface area contributed by atoms with E-state index < -0.39 is 0 Å². The van der Waals surface area contributed by atoms with Gasteiger partial charge in [0.1, 0.15) is 11.6 Å². The molecule has 6 heteroatoms. The average Bonchev–Trinajstić information content (AvgIpc) is 2.87. The Balaban J connectivity index is 1.46. The molecule has 130 valence electrons. The highest BCUT2D eigenvalue weighted by Gasteiger charge is 2.21. The van der Waals surface area contributed by atoms with Gasteiger partial charge in [0, 0.05) is 12.7 Å². The summed E-state index contributed by atoms with van der Waals surface area (Å²) in [5, 5.41) is 3.48. The second-order valence-corrected chi connectivity index (χ2v) is 6.80. The lowest BCUT2D eigenvalue weighted by Crippen LogP contribution is -2.35. The van der Waals surface area contributed by atoms with Gasteiger partial charge >= 0.3 is 0 Å². The highest BCUT2D eigenvalue weighted by Crippen LogP contribution is 2.20. The lowest BCUT2D eigenvalue weighted by molar-refractivity contribution is 0.167. The van der Waals surface area contributed by atoms with Gasteiger partial charge in [0.15, 0.2) is 0 Å². The van der Waals surface area contributed by atoms with Gasteiger partial charge in [0.2, 0.25) is 5.89 Å². The van der Waals surface area contributed by atoms with Crippen molar-refractivity contribution in [2.75, 3.05) is 25.0 Å². The number of aromatic nitrogens is 3. The molecule has 0 unspecified atom stereocenters. The van der Waals surface area contributed by atoms with E-state index in [4.69, 9.17) is 4.42 Å². The molecule has 0 amide bonds. The second kappa shape index (κ2) is 7.30. The first-order chi connectivity index (χ1) is 11.5. The number of oxazole rings is 1. The van der Waals surface area contributed by atoms with Gasteiger partial charge in [-0.25, -0.2) is 9.97 Å². The van der Waals surface area contributed by atoms with Crippen LogP contribution in [0.25, 0.3) is 0 Å². The molecule has 2 aromatic heterocycles. The average molecular weight is 329 g/mol. The maximum Gasteiger partial charge on any atom is 0.208 e. The molecule has 2 aromatic rings. The molecule has 0 bridgehead atoms. The smallest absolute Gasteiger partial charge is 0.208 e. The Labute approximate surface area is 143 Å². The third-order valence-corrected chi connectivity index (χ3v) is 4.77. The summed E-state index contributed by atoms with van der Waals surface area (Å²) >= 11 is 0. The first-order valence-corrected chi connectivity index (χ1v) is 8.70. The van der Waals surface area contributed by atoms with E-state index in [0.717, 1.165) is 60.7 Å². The minimum Gasteiger partial charge on any atom is -0.444 e. The van der Waals surface area contributed by atoms with Crippen molar-refractivity contribution in [1.29, 1.82) is 0 Å². The van der Waals surface area contributed by atoms with Gasteiger partial charge in [-0.05, 0) is 59.5 Å². The fourth-order valence-corrected chi connectivity index (χ4v) is 3.09. The number of hydrogen-bond acceptors (Lipinski definition) is 6. The summed E-state index contributed by atoms with van der Waals surface area (Å²) in [5.41, 5.74) is 2.92. The molecule has 6 nitrogen and oxygen atoms in total. The first-order valence-electron chi connectivity index (χ1n) is 8.70. The number of anilines is 1. The van der Waals surface area contributed by atoms with Gasteiger partial charge in [-0.15, -0.1) is 0 Å². The van der Waals surface area contributed by atoms with Gasteiger partial charge < -0.3 is 9.73 Å². The topological polar surface area (TPSA) is 67.1 Å². The van der Waals surface area contributed by atoms with E-state index in [1.165, 1.54) is 12.8 Å². The number of piperidine rings is 1. The SMILES string of the molecule is Cc1cnc(C)c(NCC2CCN(Cc3nc(C)c(C)o3)CC2)n1. The molecule has 1 fully saturated rings. The summed E-state index contributed by atoms with van der Waals surface area (Å²) in [6.45, 7) is 11.9. The van der Waals surface area contributed by atoms with Crippen molar-refractivity contribution < 1.29 is 4.42 Å². The van der Waals surface area contributed by atoms with Gasteiger partial charge in [-0.2, -0.15) is 0 Å². The summed E-state index contributed by atoms with van der Waals surface area (Å²) in [7, 11) is 0. The molecule has 0 aliphatic carbocycles. The van der Waals surface area contributed by atoms with E-state index in [2.05, 4.69) is 25.2 Å². The van der Waals surface area contributed by atoms with Crippen LogP contribution in [-0.2, 0) is 6.54 Å². The molecular formula is C18H27N5O. The Morgan fingerprint density at radius 3 is 2.54 bits per heavy atom. The molecule has 1 aliphatic rings. The summed E-state index contributed by atoms with van der Waals surface area (Å²) < 4.78 is 5.69. The molecule has 24 heavy (non-hydrogen) atoms. The van der Waals surface area contributed by atoms with Gasteiger partial charge in [0.05, 0.1) is 23.6 Å². The fourth-order valence-electron chi connectivity index (χ4n) is 3.09. The Bertz CT molecular complexity index is 669. The van der Waals surface area contributed by atoms with Crippen molar-refractivity contribution in [3.8, 4) is 0 Å². The fraction of sp³-hybridized carbons (Fsp3) is 0.611. The van der Waals surface area contributed by atoms with Crippen molar-refractivity contribution in [2.45, 2.75) is 47.1 Å². The van der Waals surface area contributed by atoms with Crippen LogP contribution in [0.3, 0.4) is 0 Å². The molecule has 0 aromatic carbocycles. The van der Waals surface area contributed by atoms with Crippen LogP contribution >= 0.6 is 0 Å². The second-order valence-electron chi connectivity index (χ2n) is 6.80. The summed E-state index contributed by atoms with van der Waals surface area (Å²) in [5.74, 6) is 3.37. The highest BCUT2D eigenvalue weighted by atomic mass is 16.4. The zero-order chi connectivity index (χ0) is 17.1. The van der Waals surface area contributed by atoms with Crippen LogP contribution in [0.15, 0.2) is 10.6 Å². The van der Waals surface area contributed by atoms with Crippen molar-refractivity contribution >= 4 is 5.82 Å². The van der Waals surface area contributed by atoms with E-state index >= 15 is 0 Å². The minimum absolute atomic E-state index is 0.677. The van der Waals surface area contributed by atoms with Crippen LogP contribution in [0, 0.1) is 33.6 Å². The molecule has 0 spiro atoms. The van der Waals surface area contributed by atoms with Crippen molar-refractivity contribution in [3.63, 3.8) is 0 Å². The molecule has 3 heterocycles. The van der Waals surface area contributed by atoms with Crippen LogP contribution in [-0.4, -0.2) is 39.5 Å². The van der Waals surface area contributed by atoms with Gasteiger partial charge in [-0.3, -0.25) is 9.88 Å². The quantitative estimate of drug-likeness (QED) is 0.909. The maximum atomic E-state index is 5.69. The van der Waals surface area contributed by atoms with Crippen LogP contribution in [0.2, 0.25) is 0 Å². The predicted molar refractivity (Wildman–Crippen MR) is 94.0 cm³/mol. The third kappa shape index (κ3) is 4.12. The zero-order valence-electron chi connectivity index (χ0n) is 15.1. The first kappa shape index (κ1) is 16.9. The molecule has 0 atom stereocenters. The Kier molecular flexibility index (Phi) is 5.14. The van der Waals surface area contributed by atoms with Gasteiger partial charge in [-0.1, -0.05) is 0 Å². The van der Waals surface area contributed by atoms with E-state index in [-0.39, 0.29) is 0 Å². The van der Waals surface area contributed by atoms with E-state index in [9.17, 15) is 0 Å². The molecule has 0 radical (unpaired) electrons. The van der Waals surface area contributed by atoms with E-state index in [0.29, 0.717) is 5.92 Å². The van der Waals surface area contributed by atoms with Crippen molar-refractivity contribution in [3.05, 3.63) is 34.9 Å². The largest absolute Gasteiger partial charge is 0.444 e. The van der Waals surface area contributed by atoms with Crippen LogP contribution in [0.4, 0.5) is 5.82 Å². The van der Waals surface area contributed by atoms with Crippen molar-refractivity contribution in [2.24, 2.45) is 5.92 Å². The Morgan fingerprint density at radius 1 is 1.12 bits per heavy atom. The predicted octanol–water partition coefficient (Wildman–Crippen LogP) is 3.02. The molecule has 1 N–H and O–H groups in total. The van der Waals surface area contributed by atoms with Crippen LogP contribution in [0.5, 0.6) is 0 Å². The maximum absolute atomic E-state index is 5.69. The minimum atomic E-state index is 0.677. The van der Waals surface area contributed by atoms with E-state index in [1.54, 1.807) is 0 Å². The number of hydrogen-bond donors (Lipinski definition) is 1. The lowest BCUT2D eigenvalue weighted by Gasteiger charge is -2.31. The third-order valence-electron chi connectivity index (χ3n) is 4.77. The van der Waals surface area contributed by atoms with Gasteiger partial charge in [0.25, 0.3) is 0 Å². The zero-order valence-corrected chi connectivity index (χ0v) is 15.1. The number of rotatable bonds is 5. The molecule has 1 saturated heterocycles. The summed E-state index contributed by atoms with van der Waals surface area (Å²) in [6, 6.07) is 0. The Morgan fingerprint density at radius 2 is 1.88 bits per heavy atom. The number of nitrogens with one attached hydrogen (secondary N) is 1. The molecule has 1 aliphatic heterocycles. The molecule has 0 saturated carbocycles. The summed E-state index contributed by atoms with van der Waals surface area (Å²) in [6.07, 6.45) is 4.18. The van der Waals surface area contributed by atoms with E-state index in [1.807, 2.05) is 33.9 Å². The molecule has 3 rings (SSSR count). The van der Waals surface area contributed by atoms with Crippen molar-refractivity contribution in [1.82, 2.24) is 19.9 Å².